The van der Waals surface area contributed by atoms with E-state index in [0.717, 1.165) is 50.2 Å². The zero-order valence-corrected chi connectivity index (χ0v) is 26.6. The lowest BCUT2D eigenvalue weighted by Crippen LogP contribution is -2.10. The molecule has 0 N–H and O–H groups in total. The molecule has 0 saturated carbocycles. The Morgan fingerprint density at radius 2 is 1.06 bits per heavy atom. The van der Waals surface area contributed by atoms with Gasteiger partial charge in [-0.15, -0.1) is 0 Å². The Hall–Kier alpha value is -6.58. The number of aromatic nitrogens is 1. The summed E-state index contributed by atoms with van der Waals surface area (Å²) in [5.41, 5.74) is 11.0. The van der Waals surface area contributed by atoms with Gasteiger partial charge in [-0.3, -0.25) is 0 Å². The number of furan rings is 1. The second kappa shape index (κ2) is 11.0. The number of fused-ring (bicyclic) bond motifs is 7. The van der Waals surface area contributed by atoms with Crippen LogP contribution in [0.5, 0.6) is 0 Å². The van der Waals surface area contributed by atoms with Gasteiger partial charge in [-0.1, -0.05) is 109 Å². The Morgan fingerprint density at radius 3 is 1.92 bits per heavy atom. The van der Waals surface area contributed by atoms with Gasteiger partial charge >= 0.3 is 0 Å². The van der Waals surface area contributed by atoms with Crippen molar-refractivity contribution in [1.29, 1.82) is 0 Å². The lowest BCUT2D eigenvalue weighted by molar-refractivity contribution is 0.669. The van der Waals surface area contributed by atoms with Crippen LogP contribution in [0.25, 0.3) is 71.3 Å². The second-order valence-electron chi connectivity index (χ2n) is 12.6. The second-order valence-corrected chi connectivity index (χ2v) is 12.6. The van der Waals surface area contributed by atoms with Crippen molar-refractivity contribution in [2.75, 3.05) is 4.90 Å². The molecule has 0 aliphatic rings. The van der Waals surface area contributed by atoms with Crippen LogP contribution in [-0.4, -0.2) is 4.57 Å². The van der Waals surface area contributed by atoms with Gasteiger partial charge in [0, 0.05) is 44.0 Å². The lowest BCUT2D eigenvalue weighted by Gasteiger charge is -2.27. The van der Waals surface area contributed by atoms with Crippen LogP contribution < -0.4 is 4.90 Å². The molecule has 0 amide bonds. The molecule has 49 heavy (non-hydrogen) atoms. The first kappa shape index (κ1) is 27.5. The van der Waals surface area contributed by atoms with Gasteiger partial charge in [0.1, 0.15) is 11.2 Å². The minimum absolute atomic E-state index is 0.911. The number of hydrogen-bond donors (Lipinski definition) is 0. The van der Waals surface area contributed by atoms with Crippen molar-refractivity contribution in [1.82, 2.24) is 4.57 Å². The minimum atomic E-state index is 0.911. The van der Waals surface area contributed by atoms with Crippen molar-refractivity contribution in [3.05, 3.63) is 182 Å². The SMILES string of the molecule is c1ccc(N(c2ccc3c4cc(-c5ccc6oc7ccccc7c6c5)ccc4n(-c4ccccc4)c3c2)c2cccc3ccccc23)cc1. The summed E-state index contributed by atoms with van der Waals surface area (Å²) in [5.74, 6) is 0. The Morgan fingerprint density at radius 1 is 0.388 bits per heavy atom. The van der Waals surface area contributed by atoms with Crippen LogP contribution in [-0.2, 0) is 0 Å². The molecule has 0 aliphatic heterocycles. The molecule has 0 unspecified atom stereocenters. The summed E-state index contributed by atoms with van der Waals surface area (Å²) in [5, 5.41) is 7.14. The lowest BCUT2D eigenvalue weighted by atomic mass is 10.0. The zero-order chi connectivity index (χ0) is 32.3. The van der Waals surface area contributed by atoms with E-state index in [2.05, 4.69) is 179 Å². The zero-order valence-electron chi connectivity index (χ0n) is 26.6. The van der Waals surface area contributed by atoms with Crippen molar-refractivity contribution < 1.29 is 4.42 Å². The van der Waals surface area contributed by atoms with Gasteiger partial charge in [-0.25, -0.2) is 0 Å². The van der Waals surface area contributed by atoms with E-state index in [1.165, 1.54) is 38.2 Å². The molecule has 0 saturated heterocycles. The van der Waals surface area contributed by atoms with E-state index in [4.69, 9.17) is 4.42 Å². The van der Waals surface area contributed by atoms with E-state index >= 15 is 0 Å². The number of benzene rings is 8. The maximum atomic E-state index is 6.13. The van der Waals surface area contributed by atoms with Crippen LogP contribution in [0, 0.1) is 0 Å². The van der Waals surface area contributed by atoms with E-state index in [1.54, 1.807) is 0 Å². The van der Waals surface area contributed by atoms with Crippen molar-refractivity contribution in [2.45, 2.75) is 0 Å². The molecule has 10 aromatic rings. The summed E-state index contributed by atoms with van der Waals surface area (Å²) >= 11 is 0. The third-order valence-corrected chi connectivity index (χ3v) is 9.75. The molecule has 0 bridgehead atoms. The van der Waals surface area contributed by atoms with Crippen LogP contribution in [0.3, 0.4) is 0 Å². The maximum Gasteiger partial charge on any atom is 0.135 e. The highest BCUT2D eigenvalue weighted by Gasteiger charge is 2.19. The first-order valence-electron chi connectivity index (χ1n) is 16.7. The molecule has 8 aromatic carbocycles. The van der Waals surface area contributed by atoms with Crippen molar-refractivity contribution in [3.63, 3.8) is 0 Å². The number of rotatable bonds is 5. The largest absolute Gasteiger partial charge is 0.456 e. The smallest absolute Gasteiger partial charge is 0.135 e. The molecule has 0 spiro atoms. The van der Waals surface area contributed by atoms with Crippen LogP contribution in [0.1, 0.15) is 0 Å². The topological polar surface area (TPSA) is 21.3 Å². The molecule has 0 aliphatic carbocycles. The molecule has 3 nitrogen and oxygen atoms in total. The predicted octanol–water partition coefficient (Wildman–Crippen LogP) is 13.0. The van der Waals surface area contributed by atoms with Crippen LogP contribution in [0.2, 0.25) is 0 Å². The van der Waals surface area contributed by atoms with Crippen LogP contribution in [0.4, 0.5) is 17.1 Å². The number of anilines is 3. The van der Waals surface area contributed by atoms with Gasteiger partial charge < -0.3 is 13.9 Å². The van der Waals surface area contributed by atoms with Crippen molar-refractivity contribution in [2.24, 2.45) is 0 Å². The fourth-order valence-corrected chi connectivity index (χ4v) is 7.50. The summed E-state index contributed by atoms with van der Waals surface area (Å²) in [6, 6.07) is 65.1. The molecule has 10 rings (SSSR count). The predicted molar refractivity (Wildman–Crippen MR) is 206 cm³/mol. The molecular formula is C46H30N2O. The first-order valence-corrected chi connectivity index (χ1v) is 16.7. The Kier molecular flexibility index (Phi) is 6.18. The summed E-state index contributed by atoms with van der Waals surface area (Å²) in [4.78, 5) is 2.38. The molecule has 3 heteroatoms. The summed E-state index contributed by atoms with van der Waals surface area (Å²) in [6.07, 6.45) is 0. The molecular weight excluding hydrogens is 597 g/mol. The van der Waals surface area contributed by atoms with E-state index in [0.29, 0.717) is 0 Å². The molecule has 0 fully saturated rings. The molecule has 0 atom stereocenters. The van der Waals surface area contributed by atoms with E-state index < -0.39 is 0 Å². The normalized spacial score (nSPS) is 11.7. The first-order chi connectivity index (χ1) is 24.3. The highest BCUT2D eigenvalue weighted by atomic mass is 16.3. The molecule has 230 valence electrons. The highest BCUT2D eigenvalue weighted by molar-refractivity contribution is 6.12. The van der Waals surface area contributed by atoms with E-state index in [1.807, 2.05) is 12.1 Å². The quantitative estimate of drug-likeness (QED) is 0.190. The third kappa shape index (κ3) is 4.44. The highest BCUT2D eigenvalue weighted by Crippen LogP contribution is 2.43. The average Bonchev–Trinajstić information content (AvgIpc) is 3.70. The van der Waals surface area contributed by atoms with E-state index in [-0.39, 0.29) is 0 Å². The average molecular weight is 627 g/mol. The van der Waals surface area contributed by atoms with Crippen molar-refractivity contribution in [3.8, 4) is 16.8 Å². The standard InChI is InChI=1S/C46H30N2O/c1-3-14-34(15-4-1)47(42-20-11-13-31-12-7-8-18-37(31)42)36-24-25-38-40-28-32(22-26-43(40)48(44(38)30-36)35-16-5-2-6-17-35)33-23-27-46-41(29-33)39-19-9-10-21-45(39)49-46/h1-30H. The molecule has 0 radical (unpaired) electrons. The Balaban J connectivity index is 1.21. The monoisotopic (exact) mass is 626 g/mol. The van der Waals surface area contributed by atoms with Crippen LogP contribution in [0.15, 0.2) is 186 Å². The van der Waals surface area contributed by atoms with Gasteiger partial charge in [0.15, 0.2) is 0 Å². The van der Waals surface area contributed by atoms with Crippen LogP contribution >= 0.6 is 0 Å². The Bertz CT molecular complexity index is 2820. The summed E-state index contributed by atoms with van der Waals surface area (Å²) < 4.78 is 8.53. The molecule has 2 heterocycles. The van der Waals surface area contributed by atoms with Gasteiger partial charge in [-0.2, -0.15) is 0 Å². The number of hydrogen-bond acceptors (Lipinski definition) is 2. The Labute approximate surface area is 283 Å². The maximum absolute atomic E-state index is 6.13. The fourth-order valence-electron chi connectivity index (χ4n) is 7.50. The number of nitrogens with zero attached hydrogens (tertiary/aromatic N) is 2. The molecule has 2 aromatic heterocycles. The fraction of sp³-hybridized carbons (Fsp3) is 0. The van der Waals surface area contributed by atoms with Crippen molar-refractivity contribution >= 4 is 71.6 Å². The van der Waals surface area contributed by atoms with Gasteiger partial charge in [-0.05, 0) is 89.3 Å². The van der Waals surface area contributed by atoms with Gasteiger partial charge in [0.05, 0.1) is 16.7 Å². The minimum Gasteiger partial charge on any atom is -0.456 e. The third-order valence-electron chi connectivity index (χ3n) is 9.75. The summed E-state index contributed by atoms with van der Waals surface area (Å²) in [7, 11) is 0. The van der Waals surface area contributed by atoms with Gasteiger partial charge in [0.2, 0.25) is 0 Å². The number of para-hydroxylation sites is 3. The van der Waals surface area contributed by atoms with Gasteiger partial charge in [0.25, 0.3) is 0 Å². The van der Waals surface area contributed by atoms with E-state index in [9.17, 15) is 0 Å². The summed E-state index contributed by atoms with van der Waals surface area (Å²) in [6.45, 7) is 0.